The molecule has 6 nitrogen and oxygen atoms in total. The summed E-state index contributed by atoms with van der Waals surface area (Å²) in [4.78, 5) is 24.0. The molecule has 3 atom stereocenters. The molecule has 0 spiro atoms. The van der Waals surface area contributed by atoms with Gasteiger partial charge in [0.2, 0.25) is 0 Å². The highest BCUT2D eigenvalue weighted by atomic mass is 16.3. The zero-order valence-corrected chi connectivity index (χ0v) is 19.0. The molecule has 6 heteroatoms. The van der Waals surface area contributed by atoms with Gasteiger partial charge in [-0.25, -0.2) is 0 Å². The zero-order valence-electron chi connectivity index (χ0n) is 19.0. The SMILES string of the molecule is C[C@@H](O)[C@H](NC(=O)c1ccc(C#Cc2ccc(CCC[C@H]3CCCN3)cc2)cc1)C(=O)CO. The number of nitrogens with one attached hydrogen (secondary N) is 2. The Morgan fingerprint density at radius 2 is 1.73 bits per heavy atom. The highest BCUT2D eigenvalue weighted by Gasteiger charge is 2.25. The summed E-state index contributed by atoms with van der Waals surface area (Å²) < 4.78 is 0. The molecule has 0 unspecified atom stereocenters. The van der Waals surface area contributed by atoms with Crippen LogP contribution in [0.25, 0.3) is 0 Å². The average Bonchev–Trinajstić information content (AvgIpc) is 3.35. The predicted octanol–water partition coefficient (Wildman–Crippen LogP) is 2.20. The van der Waals surface area contributed by atoms with Crippen LogP contribution >= 0.6 is 0 Å². The fourth-order valence-corrected chi connectivity index (χ4v) is 3.95. The number of benzene rings is 2. The van der Waals surface area contributed by atoms with Crippen LogP contribution in [0, 0.1) is 11.8 Å². The van der Waals surface area contributed by atoms with Gasteiger partial charge >= 0.3 is 0 Å². The molecule has 2 aromatic carbocycles. The van der Waals surface area contributed by atoms with E-state index in [2.05, 4.69) is 34.6 Å². The standard InChI is InChI=1S/C27H32N2O4/c1-19(31)26(25(32)18-30)29-27(33)23-15-13-22(14-16-23)12-11-21-9-7-20(8-10-21)4-2-5-24-6-3-17-28-24/h7-10,13-16,19,24,26,28,30-31H,2-6,17-18H2,1H3,(H,29,33)/t19-,24+,26+/m1/s1. The molecule has 1 aliphatic rings. The van der Waals surface area contributed by atoms with E-state index in [4.69, 9.17) is 5.11 Å². The molecule has 1 aliphatic heterocycles. The molecule has 1 saturated heterocycles. The van der Waals surface area contributed by atoms with Crippen LogP contribution in [0.5, 0.6) is 0 Å². The van der Waals surface area contributed by atoms with Crippen LogP contribution in [0.1, 0.15) is 59.7 Å². The lowest BCUT2D eigenvalue weighted by molar-refractivity contribution is -0.125. The number of ketones is 1. The summed E-state index contributed by atoms with van der Waals surface area (Å²) in [7, 11) is 0. The Labute approximate surface area is 195 Å². The molecule has 0 aromatic heterocycles. The lowest BCUT2D eigenvalue weighted by Gasteiger charge is -2.19. The molecular formula is C27H32N2O4. The van der Waals surface area contributed by atoms with E-state index in [-0.39, 0.29) is 0 Å². The van der Waals surface area contributed by atoms with Gasteiger partial charge in [0.1, 0.15) is 12.6 Å². The van der Waals surface area contributed by atoms with Crippen molar-refractivity contribution in [2.45, 2.75) is 57.2 Å². The molecule has 0 bridgehead atoms. The van der Waals surface area contributed by atoms with Crippen molar-refractivity contribution in [1.82, 2.24) is 10.6 Å². The minimum atomic E-state index is -1.15. The number of aryl methyl sites for hydroxylation is 1. The maximum absolute atomic E-state index is 12.4. The Hall–Kier alpha value is -2.98. The first-order valence-corrected chi connectivity index (χ1v) is 11.5. The van der Waals surface area contributed by atoms with Crippen molar-refractivity contribution in [3.8, 4) is 11.8 Å². The fourth-order valence-electron chi connectivity index (χ4n) is 3.95. The molecule has 1 amide bonds. The number of carbonyl (C=O) groups excluding carboxylic acids is 2. The summed E-state index contributed by atoms with van der Waals surface area (Å²) in [6, 6.07) is 14.6. The van der Waals surface area contributed by atoms with Gasteiger partial charge in [-0.05, 0) is 87.5 Å². The lowest BCUT2D eigenvalue weighted by Crippen LogP contribution is -2.48. The van der Waals surface area contributed by atoms with E-state index in [1.807, 2.05) is 12.1 Å². The number of aliphatic hydroxyl groups is 2. The van der Waals surface area contributed by atoms with Crippen LogP contribution in [0.3, 0.4) is 0 Å². The summed E-state index contributed by atoms with van der Waals surface area (Å²) in [5.41, 5.74) is 3.36. The third-order valence-corrected chi connectivity index (χ3v) is 5.90. The number of hydrogen-bond donors (Lipinski definition) is 4. The minimum absolute atomic E-state index is 0.342. The Morgan fingerprint density at radius 1 is 1.09 bits per heavy atom. The Balaban J connectivity index is 1.53. The average molecular weight is 449 g/mol. The number of amides is 1. The molecule has 0 radical (unpaired) electrons. The molecule has 1 heterocycles. The maximum atomic E-state index is 12.4. The van der Waals surface area contributed by atoms with Crippen LogP contribution in [0.15, 0.2) is 48.5 Å². The first-order valence-electron chi connectivity index (χ1n) is 11.5. The third kappa shape index (κ3) is 7.54. The second-order valence-corrected chi connectivity index (χ2v) is 8.53. The van der Waals surface area contributed by atoms with Crippen LogP contribution in [-0.4, -0.2) is 53.2 Å². The van der Waals surface area contributed by atoms with Gasteiger partial charge in [0.05, 0.1) is 6.10 Å². The van der Waals surface area contributed by atoms with Crippen LogP contribution in [0.4, 0.5) is 0 Å². The van der Waals surface area contributed by atoms with Gasteiger partial charge in [0.25, 0.3) is 5.91 Å². The van der Waals surface area contributed by atoms with E-state index in [1.165, 1.54) is 38.2 Å². The highest BCUT2D eigenvalue weighted by molar-refractivity contribution is 5.98. The number of carbonyl (C=O) groups is 2. The van der Waals surface area contributed by atoms with Gasteiger partial charge in [-0.3, -0.25) is 9.59 Å². The molecule has 0 saturated carbocycles. The van der Waals surface area contributed by atoms with Gasteiger partial charge < -0.3 is 20.8 Å². The van der Waals surface area contributed by atoms with E-state index in [0.29, 0.717) is 11.6 Å². The van der Waals surface area contributed by atoms with Crippen LogP contribution < -0.4 is 10.6 Å². The van der Waals surface area contributed by atoms with Crippen molar-refractivity contribution in [3.05, 3.63) is 70.8 Å². The topological polar surface area (TPSA) is 98.7 Å². The van der Waals surface area contributed by atoms with Crippen molar-refractivity contribution in [2.75, 3.05) is 13.2 Å². The maximum Gasteiger partial charge on any atom is 0.251 e. The smallest absolute Gasteiger partial charge is 0.251 e. The third-order valence-electron chi connectivity index (χ3n) is 5.90. The van der Waals surface area contributed by atoms with Crippen molar-refractivity contribution in [1.29, 1.82) is 0 Å². The summed E-state index contributed by atoms with van der Waals surface area (Å²) >= 11 is 0. The van der Waals surface area contributed by atoms with Crippen LogP contribution in [-0.2, 0) is 11.2 Å². The van der Waals surface area contributed by atoms with Crippen molar-refractivity contribution >= 4 is 11.7 Å². The van der Waals surface area contributed by atoms with Crippen molar-refractivity contribution < 1.29 is 19.8 Å². The number of aliphatic hydroxyl groups excluding tert-OH is 2. The van der Waals surface area contributed by atoms with E-state index in [9.17, 15) is 14.7 Å². The molecule has 33 heavy (non-hydrogen) atoms. The lowest BCUT2D eigenvalue weighted by atomic mass is 10.0. The van der Waals surface area contributed by atoms with E-state index in [0.717, 1.165) is 24.1 Å². The predicted molar refractivity (Wildman–Crippen MR) is 128 cm³/mol. The van der Waals surface area contributed by atoms with Crippen molar-refractivity contribution in [3.63, 3.8) is 0 Å². The molecule has 2 aromatic rings. The Morgan fingerprint density at radius 3 is 2.27 bits per heavy atom. The minimum Gasteiger partial charge on any atom is -0.391 e. The van der Waals surface area contributed by atoms with Crippen molar-refractivity contribution in [2.24, 2.45) is 0 Å². The number of hydrogen-bond acceptors (Lipinski definition) is 5. The number of Topliss-reactive ketones (excluding diaryl/α,β-unsaturated/α-hetero) is 1. The monoisotopic (exact) mass is 448 g/mol. The molecule has 0 aliphatic carbocycles. The molecule has 4 N–H and O–H groups in total. The largest absolute Gasteiger partial charge is 0.391 e. The summed E-state index contributed by atoms with van der Waals surface area (Å²) in [5, 5.41) is 24.7. The van der Waals surface area contributed by atoms with Crippen LogP contribution in [0.2, 0.25) is 0 Å². The molecule has 3 rings (SSSR count). The van der Waals surface area contributed by atoms with Gasteiger partial charge in [0, 0.05) is 22.7 Å². The fraction of sp³-hybridized carbons (Fsp3) is 0.407. The van der Waals surface area contributed by atoms with Gasteiger partial charge in [-0.2, -0.15) is 0 Å². The highest BCUT2D eigenvalue weighted by Crippen LogP contribution is 2.14. The first-order chi connectivity index (χ1) is 16.0. The van der Waals surface area contributed by atoms with E-state index < -0.39 is 30.4 Å². The molecular weight excluding hydrogens is 416 g/mol. The summed E-state index contributed by atoms with van der Waals surface area (Å²) in [5.74, 6) is 5.10. The normalized spacial score (nSPS) is 17.0. The Bertz CT molecular complexity index is 982. The zero-order chi connectivity index (χ0) is 23.6. The van der Waals surface area contributed by atoms with E-state index in [1.54, 1.807) is 24.3 Å². The second kappa shape index (κ2) is 12.3. The first kappa shape index (κ1) is 24.7. The Kier molecular flexibility index (Phi) is 9.20. The van der Waals surface area contributed by atoms with Gasteiger partial charge in [0.15, 0.2) is 5.78 Å². The summed E-state index contributed by atoms with van der Waals surface area (Å²) in [6.45, 7) is 1.80. The number of rotatable bonds is 9. The summed E-state index contributed by atoms with van der Waals surface area (Å²) in [6.07, 6.45) is 4.99. The quantitative estimate of drug-likeness (QED) is 0.441. The molecule has 1 fully saturated rings. The molecule has 174 valence electrons. The van der Waals surface area contributed by atoms with E-state index >= 15 is 0 Å². The van der Waals surface area contributed by atoms with Gasteiger partial charge in [-0.15, -0.1) is 0 Å². The van der Waals surface area contributed by atoms with Gasteiger partial charge in [-0.1, -0.05) is 24.0 Å². The second-order valence-electron chi connectivity index (χ2n) is 8.53.